The van der Waals surface area contributed by atoms with E-state index in [1.807, 2.05) is 0 Å². The highest BCUT2D eigenvalue weighted by atomic mass is 32.2. The first-order valence-electron chi connectivity index (χ1n) is 16.8. The molecule has 4 amide bonds. The molecule has 0 radical (unpaired) electrons. The molecule has 3 N–H and O–H groups in total. The predicted octanol–water partition coefficient (Wildman–Crippen LogP) is 4.11. The number of hydrogen-bond acceptors (Lipinski definition) is 7. The Bertz CT molecular complexity index is 2560. The van der Waals surface area contributed by atoms with Crippen LogP contribution in [0.15, 0.2) is 85.5 Å². The summed E-state index contributed by atoms with van der Waals surface area (Å²) >= 11 is 0. The topological polar surface area (TPSA) is 164 Å². The number of rotatable bonds is 12. The van der Waals surface area contributed by atoms with Crippen LogP contribution in [0.3, 0.4) is 0 Å². The van der Waals surface area contributed by atoms with Gasteiger partial charge in [0.2, 0.25) is 11.8 Å². The van der Waals surface area contributed by atoms with Gasteiger partial charge in [-0.1, -0.05) is 0 Å². The zero-order valence-corrected chi connectivity index (χ0v) is 32.6. The van der Waals surface area contributed by atoms with Crippen LogP contribution in [0, 0.1) is 23.3 Å². The van der Waals surface area contributed by atoms with Crippen LogP contribution in [0.1, 0.15) is 11.1 Å². The fraction of sp³-hybridized carbons (Fsp3) is 0.216. The second-order valence-electron chi connectivity index (χ2n) is 13.1. The SMILES string of the molecule is CN(C(=O)[C@H](Cc1cc(F)cc(F)c1)NC(=O)NS(=O)(=O)N[C@@H](Cc1cc(F)cc(F)c1)C(=O)N(C)c1ccc2c(c1)ncn2C)c1ccc2c(c1)ncn2C.S. The van der Waals surface area contributed by atoms with E-state index in [0.717, 1.165) is 45.1 Å². The summed E-state index contributed by atoms with van der Waals surface area (Å²) in [6.45, 7) is 0. The van der Waals surface area contributed by atoms with Gasteiger partial charge >= 0.3 is 16.2 Å². The lowest BCUT2D eigenvalue weighted by Gasteiger charge is -2.26. The molecule has 0 saturated heterocycles. The van der Waals surface area contributed by atoms with Crippen molar-refractivity contribution in [3.05, 3.63) is 120 Å². The number of aryl methyl sites for hydroxylation is 2. The summed E-state index contributed by atoms with van der Waals surface area (Å²) in [5.41, 5.74) is 3.12. The van der Waals surface area contributed by atoms with Gasteiger partial charge in [-0.3, -0.25) is 9.59 Å². The molecule has 0 aliphatic heterocycles. The quantitative estimate of drug-likeness (QED) is 0.157. The summed E-state index contributed by atoms with van der Waals surface area (Å²) in [5.74, 6) is -5.51. The number of fused-ring (bicyclic) bond motifs is 2. The minimum atomic E-state index is -4.98. The highest BCUT2D eigenvalue weighted by molar-refractivity contribution is 7.88. The number of anilines is 2. The number of benzene rings is 4. The molecule has 6 aromatic rings. The van der Waals surface area contributed by atoms with Crippen LogP contribution in [0.2, 0.25) is 0 Å². The summed E-state index contributed by atoms with van der Waals surface area (Å²) < 4.78 is 90.9. The molecule has 14 nitrogen and oxygen atoms in total. The number of amides is 4. The van der Waals surface area contributed by atoms with E-state index in [2.05, 4.69) is 20.0 Å². The van der Waals surface area contributed by atoms with Gasteiger partial charge in [0.05, 0.1) is 34.7 Å². The van der Waals surface area contributed by atoms with Gasteiger partial charge in [0, 0.05) is 58.1 Å². The number of imidazole rings is 2. The van der Waals surface area contributed by atoms with Crippen LogP contribution in [0.4, 0.5) is 33.7 Å². The molecule has 0 aliphatic rings. The molecule has 0 bridgehead atoms. The first kappa shape index (κ1) is 42.2. The molecule has 300 valence electrons. The molecule has 2 aromatic heterocycles. The molecule has 57 heavy (non-hydrogen) atoms. The highest BCUT2D eigenvalue weighted by Crippen LogP contribution is 2.23. The second kappa shape index (κ2) is 17.0. The largest absolute Gasteiger partial charge is 0.334 e. The molecule has 2 atom stereocenters. The Hall–Kier alpha value is -5.99. The molecule has 0 saturated carbocycles. The van der Waals surface area contributed by atoms with E-state index in [9.17, 15) is 40.4 Å². The van der Waals surface area contributed by atoms with Gasteiger partial charge in [-0.2, -0.15) is 26.6 Å². The third-order valence-electron chi connectivity index (χ3n) is 9.00. The summed E-state index contributed by atoms with van der Waals surface area (Å²) in [7, 11) is 1.31. The van der Waals surface area contributed by atoms with Crippen molar-refractivity contribution in [3.8, 4) is 0 Å². The normalized spacial score (nSPS) is 12.5. The third kappa shape index (κ3) is 9.88. The molecule has 2 heterocycles. The lowest BCUT2D eigenvalue weighted by Crippen LogP contribution is -2.57. The zero-order chi connectivity index (χ0) is 40.5. The van der Waals surface area contributed by atoms with E-state index in [1.54, 1.807) is 77.0 Å². The first-order chi connectivity index (χ1) is 26.5. The van der Waals surface area contributed by atoms with Crippen molar-refractivity contribution < 1.29 is 40.4 Å². The fourth-order valence-electron chi connectivity index (χ4n) is 6.22. The third-order valence-corrected chi connectivity index (χ3v) is 10.1. The van der Waals surface area contributed by atoms with E-state index in [0.29, 0.717) is 34.5 Å². The van der Waals surface area contributed by atoms with Crippen molar-refractivity contribution in [1.29, 1.82) is 0 Å². The van der Waals surface area contributed by atoms with Crippen LogP contribution in [-0.2, 0) is 46.7 Å². The van der Waals surface area contributed by atoms with Gasteiger partial charge < -0.3 is 24.3 Å². The molecule has 0 spiro atoms. The lowest BCUT2D eigenvalue weighted by molar-refractivity contribution is -0.120. The number of carbonyl (C=O) groups is 3. The Balaban J connectivity index is 0.00000620. The number of nitrogens with one attached hydrogen (secondary N) is 3. The minimum absolute atomic E-state index is 0. The lowest BCUT2D eigenvalue weighted by atomic mass is 10.0. The van der Waals surface area contributed by atoms with E-state index in [1.165, 1.54) is 14.1 Å². The van der Waals surface area contributed by atoms with Crippen molar-refractivity contribution in [3.63, 3.8) is 0 Å². The van der Waals surface area contributed by atoms with Gasteiger partial charge in [-0.25, -0.2) is 37.0 Å². The summed E-state index contributed by atoms with van der Waals surface area (Å²) in [6.07, 6.45) is 2.12. The molecule has 4 aromatic carbocycles. The van der Waals surface area contributed by atoms with Crippen LogP contribution in [0.25, 0.3) is 22.1 Å². The Morgan fingerprint density at radius 3 is 1.51 bits per heavy atom. The number of urea groups is 1. The number of aromatic nitrogens is 4. The van der Waals surface area contributed by atoms with Crippen molar-refractivity contribution >= 4 is 75.0 Å². The van der Waals surface area contributed by atoms with Crippen LogP contribution < -0.4 is 24.6 Å². The van der Waals surface area contributed by atoms with E-state index < -0.39 is 76.2 Å². The minimum Gasteiger partial charge on any atom is -0.334 e. The summed E-state index contributed by atoms with van der Waals surface area (Å²) in [5, 5.41) is 2.26. The monoisotopic (exact) mass is 827 g/mol. The maximum absolute atomic E-state index is 14.2. The second-order valence-corrected chi connectivity index (χ2v) is 14.6. The van der Waals surface area contributed by atoms with Crippen molar-refractivity contribution in [1.82, 2.24) is 33.9 Å². The molecular formula is C37H37F4N9O5S2. The molecular weight excluding hydrogens is 791 g/mol. The maximum atomic E-state index is 14.2. The number of halogens is 4. The number of likely N-dealkylation sites (N-methyl/N-ethyl adjacent to an activating group) is 2. The number of carbonyl (C=O) groups excluding carboxylic acids is 3. The summed E-state index contributed by atoms with van der Waals surface area (Å²) in [6, 6.07) is 10.0. The van der Waals surface area contributed by atoms with E-state index in [-0.39, 0.29) is 24.6 Å². The first-order valence-corrected chi connectivity index (χ1v) is 18.3. The molecule has 6 rings (SSSR count). The fourth-order valence-corrected chi connectivity index (χ4v) is 7.14. The predicted molar refractivity (Wildman–Crippen MR) is 210 cm³/mol. The smallest absolute Gasteiger partial charge is 0.330 e. The van der Waals surface area contributed by atoms with E-state index >= 15 is 0 Å². The Kier molecular flexibility index (Phi) is 12.6. The van der Waals surface area contributed by atoms with Crippen molar-refractivity contribution in [2.45, 2.75) is 24.9 Å². The average Bonchev–Trinajstić information content (AvgIpc) is 3.69. The van der Waals surface area contributed by atoms with Gasteiger partial charge in [0.25, 0.3) is 0 Å². The van der Waals surface area contributed by atoms with Crippen molar-refractivity contribution in [2.75, 3.05) is 23.9 Å². The number of nitrogens with zero attached hydrogens (tertiary/aromatic N) is 6. The number of hydrogen-bond donors (Lipinski definition) is 3. The zero-order valence-electron chi connectivity index (χ0n) is 30.8. The van der Waals surface area contributed by atoms with Gasteiger partial charge in [-0.05, 0) is 78.2 Å². The molecule has 20 heteroatoms. The van der Waals surface area contributed by atoms with Gasteiger partial charge in [0.1, 0.15) is 35.4 Å². The molecule has 0 unspecified atom stereocenters. The average molecular weight is 828 g/mol. The maximum Gasteiger partial charge on any atom is 0.330 e. The standard InChI is InChI=1S/C37H35F4N9O5S.H2S/c1-47-19-42-29-17-27(5-7-33(29)47)49(3)35(51)31(13-21-9-23(38)15-24(39)10-21)44-37(53)46-56(54,55)45-32(14-22-11-25(40)16-26(41)12-22)36(52)50(4)28-6-8-34-30(18-28)43-20-48(34)2;/h5-12,15-20,31-32,45H,13-14H2,1-4H3,(H2,44,46,53);1H2/t31-,32-;/m0./s1. The highest BCUT2D eigenvalue weighted by Gasteiger charge is 2.32. The van der Waals surface area contributed by atoms with Gasteiger partial charge in [0.15, 0.2) is 0 Å². The Morgan fingerprint density at radius 2 is 1.07 bits per heavy atom. The molecule has 0 fully saturated rings. The molecule has 0 aliphatic carbocycles. The Morgan fingerprint density at radius 1 is 0.667 bits per heavy atom. The van der Waals surface area contributed by atoms with Crippen molar-refractivity contribution in [2.24, 2.45) is 14.1 Å². The van der Waals surface area contributed by atoms with E-state index in [4.69, 9.17) is 0 Å². The Labute approximate surface area is 331 Å². The van der Waals surface area contributed by atoms with Gasteiger partial charge in [-0.15, -0.1) is 0 Å². The summed E-state index contributed by atoms with van der Waals surface area (Å²) in [4.78, 5) is 51.9. The van der Waals surface area contributed by atoms with Crippen LogP contribution in [0.5, 0.6) is 0 Å². The van der Waals surface area contributed by atoms with Crippen LogP contribution in [-0.4, -0.2) is 71.5 Å². The van der Waals surface area contributed by atoms with Crippen LogP contribution >= 0.6 is 13.5 Å².